The smallest absolute Gasteiger partial charge is 0.246 e. The monoisotopic (exact) mass is 392 g/mol. The summed E-state index contributed by atoms with van der Waals surface area (Å²) < 4.78 is 13.3. The van der Waals surface area contributed by atoms with Crippen LogP contribution in [0.15, 0.2) is 53.6 Å². The number of aromatic nitrogens is 2. The number of amides is 1. The molecule has 0 aliphatic heterocycles. The van der Waals surface area contributed by atoms with Gasteiger partial charge in [0.25, 0.3) is 0 Å². The lowest BCUT2D eigenvalue weighted by Crippen LogP contribution is -2.45. The Balaban J connectivity index is 1.53. The molecule has 1 aliphatic carbocycles. The molecule has 1 fully saturated rings. The Morgan fingerprint density at radius 3 is 2.79 bits per heavy atom. The Morgan fingerprint density at radius 2 is 2.03 bits per heavy atom. The van der Waals surface area contributed by atoms with Gasteiger partial charge >= 0.3 is 0 Å². The quantitative estimate of drug-likeness (QED) is 0.496. The Kier molecular flexibility index (Phi) is 4.73. The summed E-state index contributed by atoms with van der Waals surface area (Å²) in [6.07, 6.45) is 3.07. The fourth-order valence-corrected chi connectivity index (χ4v) is 4.40. The fraction of sp³-hybridized carbons (Fsp3) is 0.348. The third kappa shape index (κ3) is 3.33. The van der Waals surface area contributed by atoms with Crippen molar-refractivity contribution in [3.8, 4) is 0 Å². The number of hydrogen-bond donors (Lipinski definition) is 2. The average molecular weight is 392 g/mol. The number of H-pyrrole nitrogens is 1. The molecule has 5 nitrogen and oxygen atoms in total. The summed E-state index contributed by atoms with van der Waals surface area (Å²) in [6.45, 7) is 6.23. The molecule has 4 rings (SSSR count). The average Bonchev–Trinajstić information content (AvgIpc) is 3.20. The number of fused-ring (bicyclic) bond motifs is 1. The van der Waals surface area contributed by atoms with Crippen molar-refractivity contribution in [3.63, 3.8) is 0 Å². The zero-order valence-corrected chi connectivity index (χ0v) is 16.9. The van der Waals surface area contributed by atoms with Gasteiger partial charge in [-0.3, -0.25) is 4.79 Å². The van der Waals surface area contributed by atoms with Gasteiger partial charge in [-0.1, -0.05) is 45.0 Å². The van der Waals surface area contributed by atoms with Crippen LogP contribution in [-0.2, 0) is 4.79 Å². The first-order chi connectivity index (χ1) is 13.8. The number of benzene rings is 2. The van der Waals surface area contributed by atoms with Crippen LogP contribution in [0.4, 0.5) is 4.39 Å². The normalized spacial score (nSPS) is 23.7. The van der Waals surface area contributed by atoms with E-state index in [1.54, 1.807) is 12.1 Å². The lowest BCUT2D eigenvalue weighted by atomic mass is 9.65. The zero-order valence-electron chi connectivity index (χ0n) is 16.9. The van der Waals surface area contributed by atoms with Crippen molar-refractivity contribution in [3.05, 3.63) is 65.7 Å². The van der Waals surface area contributed by atoms with Crippen molar-refractivity contribution in [2.75, 3.05) is 0 Å². The van der Waals surface area contributed by atoms with Gasteiger partial charge in [-0.2, -0.15) is 5.10 Å². The highest BCUT2D eigenvalue weighted by Gasteiger charge is 2.57. The molecule has 29 heavy (non-hydrogen) atoms. The van der Waals surface area contributed by atoms with Crippen molar-refractivity contribution < 1.29 is 9.18 Å². The van der Waals surface area contributed by atoms with E-state index in [-0.39, 0.29) is 23.1 Å². The second kappa shape index (κ2) is 7.10. The molecule has 2 N–H and O–H groups in total. The molecule has 2 aromatic carbocycles. The number of para-hydroxylation sites is 2. The molecule has 6 heteroatoms. The van der Waals surface area contributed by atoms with E-state index in [0.717, 1.165) is 29.7 Å². The Labute approximate surface area is 169 Å². The van der Waals surface area contributed by atoms with Gasteiger partial charge in [-0.15, -0.1) is 0 Å². The number of carbonyl (C=O) groups is 1. The van der Waals surface area contributed by atoms with Crippen LogP contribution in [0.3, 0.4) is 0 Å². The molecule has 0 radical (unpaired) electrons. The molecule has 0 saturated heterocycles. The number of hydrogen-bond acceptors (Lipinski definition) is 3. The van der Waals surface area contributed by atoms with Gasteiger partial charge in [0.1, 0.15) is 11.6 Å². The van der Waals surface area contributed by atoms with E-state index < -0.39 is 5.41 Å². The second-order valence-electron chi connectivity index (χ2n) is 8.54. The van der Waals surface area contributed by atoms with E-state index in [2.05, 4.69) is 29.4 Å². The largest absolute Gasteiger partial charge is 0.342 e. The number of nitrogens with zero attached hydrogens (tertiary/aromatic N) is 2. The molecular formula is C23H25FN4O. The number of hydrazone groups is 1. The molecule has 1 aromatic heterocycles. The lowest BCUT2D eigenvalue weighted by Gasteiger charge is -2.39. The van der Waals surface area contributed by atoms with E-state index in [0.29, 0.717) is 5.56 Å². The molecule has 1 saturated carbocycles. The molecular weight excluding hydrogens is 367 g/mol. The molecule has 0 spiro atoms. The van der Waals surface area contributed by atoms with E-state index >= 15 is 0 Å². The molecule has 1 heterocycles. The van der Waals surface area contributed by atoms with Crippen molar-refractivity contribution in [2.45, 2.75) is 39.5 Å². The molecule has 1 amide bonds. The molecule has 1 aliphatic rings. The van der Waals surface area contributed by atoms with Gasteiger partial charge < -0.3 is 4.98 Å². The topological polar surface area (TPSA) is 70.1 Å². The van der Waals surface area contributed by atoms with Crippen molar-refractivity contribution >= 4 is 23.2 Å². The molecule has 2 atom stereocenters. The maximum absolute atomic E-state index is 13.3. The maximum Gasteiger partial charge on any atom is 0.246 e. The first kappa shape index (κ1) is 19.3. The zero-order chi connectivity index (χ0) is 20.6. The van der Waals surface area contributed by atoms with Crippen molar-refractivity contribution in [1.82, 2.24) is 15.4 Å². The highest BCUT2D eigenvalue weighted by atomic mass is 19.1. The number of carbonyl (C=O) groups excluding carboxylic acids is 1. The van der Waals surface area contributed by atoms with E-state index in [1.807, 2.05) is 31.2 Å². The number of aromatic amines is 1. The third-order valence-corrected chi connectivity index (χ3v) is 6.69. The van der Waals surface area contributed by atoms with Gasteiger partial charge in [-0.05, 0) is 48.1 Å². The minimum Gasteiger partial charge on any atom is -0.342 e. The number of halogens is 1. The summed E-state index contributed by atoms with van der Waals surface area (Å²) in [5, 5.41) is 4.06. The van der Waals surface area contributed by atoms with Gasteiger partial charge in [0.2, 0.25) is 5.91 Å². The summed E-state index contributed by atoms with van der Waals surface area (Å²) >= 11 is 0. The van der Waals surface area contributed by atoms with Crippen LogP contribution in [0.1, 0.15) is 50.9 Å². The second-order valence-corrected chi connectivity index (χ2v) is 8.54. The standard InChI is InChI=1S/C23H25FN4O/c1-22(2)17(20-26-18-9-4-5-10-19(18)27-20)11-12-23(22,3)21(29)28-25-14-15-7-6-8-16(24)13-15/h4-10,13-14,17H,11-12H2,1-3H3,(H,26,27)(H,28,29)/b25-14-/t17-,23+/m1/s1. The fourth-order valence-electron chi connectivity index (χ4n) is 4.40. The van der Waals surface area contributed by atoms with Crippen LogP contribution < -0.4 is 5.43 Å². The maximum atomic E-state index is 13.3. The van der Waals surface area contributed by atoms with Crippen molar-refractivity contribution in [2.24, 2.45) is 15.9 Å². The summed E-state index contributed by atoms with van der Waals surface area (Å²) in [5.41, 5.74) is 4.29. The first-order valence-electron chi connectivity index (χ1n) is 9.85. The van der Waals surface area contributed by atoms with Crippen LogP contribution in [0, 0.1) is 16.6 Å². The highest BCUT2D eigenvalue weighted by Crippen LogP contribution is 2.59. The molecule has 0 bridgehead atoms. The van der Waals surface area contributed by atoms with Crippen LogP contribution in [-0.4, -0.2) is 22.1 Å². The van der Waals surface area contributed by atoms with Gasteiger partial charge in [0.15, 0.2) is 0 Å². The van der Waals surface area contributed by atoms with Crippen molar-refractivity contribution in [1.29, 1.82) is 0 Å². The van der Waals surface area contributed by atoms with E-state index in [1.165, 1.54) is 18.3 Å². The summed E-state index contributed by atoms with van der Waals surface area (Å²) in [5.74, 6) is 0.598. The summed E-state index contributed by atoms with van der Waals surface area (Å²) in [4.78, 5) is 21.3. The number of imidazole rings is 1. The Bertz CT molecular complexity index is 1050. The lowest BCUT2D eigenvalue weighted by molar-refractivity contribution is -0.135. The number of nitrogens with one attached hydrogen (secondary N) is 2. The molecule has 3 aromatic rings. The van der Waals surface area contributed by atoms with Crippen LogP contribution in [0.2, 0.25) is 0 Å². The highest BCUT2D eigenvalue weighted by molar-refractivity contribution is 5.86. The van der Waals surface area contributed by atoms with Crippen LogP contribution >= 0.6 is 0 Å². The minimum atomic E-state index is -0.601. The Hall–Kier alpha value is -3.02. The third-order valence-electron chi connectivity index (χ3n) is 6.69. The molecule has 150 valence electrons. The summed E-state index contributed by atoms with van der Waals surface area (Å²) in [7, 11) is 0. The van der Waals surface area contributed by atoms with Gasteiger partial charge in [0.05, 0.1) is 22.7 Å². The number of rotatable bonds is 4. The van der Waals surface area contributed by atoms with Crippen LogP contribution in [0.5, 0.6) is 0 Å². The minimum absolute atomic E-state index is 0.131. The predicted molar refractivity (Wildman–Crippen MR) is 112 cm³/mol. The van der Waals surface area contributed by atoms with Gasteiger partial charge in [-0.25, -0.2) is 14.8 Å². The summed E-state index contributed by atoms with van der Waals surface area (Å²) in [6, 6.07) is 14.0. The van der Waals surface area contributed by atoms with Gasteiger partial charge in [0, 0.05) is 5.92 Å². The van der Waals surface area contributed by atoms with Crippen LogP contribution in [0.25, 0.3) is 11.0 Å². The predicted octanol–water partition coefficient (Wildman–Crippen LogP) is 4.76. The SMILES string of the molecule is CC1(C)[C@@H](c2nc3ccccc3[nH]2)CC[C@@]1(C)C(=O)N/N=C\c1cccc(F)c1. The van der Waals surface area contributed by atoms with E-state index in [9.17, 15) is 9.18 Å². The van der Waals surface area contributed by atoms with E-state index in [4.69, 9.17) is 4.98 Å². The first-order valence-corrected chi connectivity index (χ1v) is 9.85. The molecule has 0 unspecified atom stereocenters. The Morgan fingerprint density at radius 1 is 1.24 bits per heavy atom.